The molecule has 0 aromatic heterocycles. The van der Waals surface area contributed by atoms with Crippen molar-refractivity contribution in [3.63, 3.8) is 0 Å². The molecule has 0 aliphatic carbocycles. The Morgan fingerprint density at radius 1 is 1.31 bits per heavy atom. The largest absolute Gasteiger partial charge is 0.454 e. The normalized spacial score (nSPS) is 39.4. The number of ether oxygens (including phenoxy) is 2. The Kier molecular flexibility index (Phi) is 4.63. The summed E-state index contributed by atoms with van der Waals surface area (Å²) in [6.07, 6.45) is -6.83. The molecular formula is C9H16O7. The fourth-order valence-corrected chi connectivity index (χ4v) is 1.43. The van der Waals surface area contributed by atoms with Crippen molar-refractivity contribution in [1.82, 2.24) is 0 Å². The predicted molar refractivity (Wildman–Crippen MR) is 50.2 cm³/mol. The predicted octanol–water partition coefficient (Wildman–Crippen LogP) is -2.26. The molecule has 0 spiro atoms. The van der Waals surface area contributed by atoms with Crippen molar-refractivity contribution in [2.24, 2.45) is 0 Å². The van der Waals surface area contributed by atoms with Gasteiger partial charge in [0.1, 0.15) is 18.3 Å². The molecular weight excluding hydrogens is 220 g/mol. The topological polar surface area (TPSA) is 116 Å². The van der Waals surface area contributed by atoms with Crippen LogP contribution in [0.4, 0.5) is 0 Å². The molecule has 0 aromatic carbocycles. The van der Waals surface area contributed by atoms with Crippen LogP contribution in [0, 0.1) is 0 Å². The quantitative estimate of drug-likeness (QED) is 0.408. The molecule has 0 bridgehead atoms. The zero-order valence-electron chi connectivity index (χ0n) is 8.81. The van der Waals surface area contributed by atoms with Crippen LogP contribution in [-0.4, -0.2) is 63.7 Å². The van der Waals surface area contributed by atoms with Crippen LogP contribution < -0.4 is 0 Å². The van der Waals surface area contributed by atoms with Crippen LogP contribution in [0.15, 0.2) is 0 Å². The summed E-state index contributed by atoms with van der Waals surface area (Å²) < 4.78 is 9.52. The third kappa shape index (κ3) is 2.69. The minimum Gasteiger partial charge on any atom is -0.454 e. The van der Waals surface area contributed by atoms with E-state index in [4.69, 9.17) is 14.6 Å². The number of aliphatic hydroxyl groups is 4. The highest BCUT2D eigenvalue weighted by Crippen LogP contribution is 2.22. The number of esters is 1. The van der Waals surface area contributed by atoms with Gasteiger partial charge in [-0.3, -0.25) is 4.79 Å². The van der Waals surface area contributed by atoms with E-state index in [1.165, 1.54) is 0 Å². The van der Waals surface area contributed by atoms with E-state index >= 15 is 0 Å². The summed E-state index contributed by atoms with van der Waals surface area (Å²) in [5.74, 6) is -0.624. The van der Waals surface area contributed by atoms with E-state index < -0.39 is 43.3 Å². The van der Waals surface area contributed by atoms with Crippen LogP contribution in [0.5, 0.6) is 0 Å². The van der Waals surface area contributed by atoms with Crippen LogP contribution in [0.25, 0.3) is 0 Å². The van der Waals surface area contributed by atoms with Crippen molar-refractivity contribution in [2.75, 3.05) is 6.61 Å². The Balaban J connectivity index is 2.67. The first-order valence-electron chi connectivity index (χ1n) is 5.01. The van der Waals surface area contributed by atoms with Gasteiger partial charge in [0.15, 0.2) is 12.4 Å². The molecule has 4 N–H and O–H groups in total. The Bertz CT molecular complexity index is 244. The van der Waals surface area contributed by atoms with Gasteiger partial charge < -0.3 is 29.9 Å². The maximum absolute atomic E-state index is 11.0. The lowest BCUT2D eigenvalue weighted by molar-refractivity contribution is -0.290. The molecule has 94 valence electrons. The standard InChI is InChI=1S/C9H16O7/c1-2-5(11)16-8-7(13)6(12)4(3-10)15-9(8)14/h4,6-10,12-14H,2-3H2,1H3/t4-,6-,7+,8-,9-/m1/s1. The van der Waals surface area contributed by atoms with Crippen LogP contribution in [0.3, 0.4) is 0 Å². The Hall–Kier alpha value is -0.730. The van der Waals surface area contributed by atoms with E-state index in [1.54, 1.807) is 6.92 Å². The number of hydrogen-bond donors (Lipinski definition) is 4. The van der Waals surface area contributed by atoms with Gasteiger partial charge in [-0.15, -0.1) is 0 Å². The maximum atomic E-state index is 11.0. The average Bonchev–Trinajstić information content (AvgIpc) is 2.28. The highest BCUT2D eigenvalue weighted by molar-refractivity contribution is 5.69. The molecule has 1 fully saturated rings. The molecule has 5 atom stereocenters. The molecule has 0 radical (unpaired) electrons. The van der Waals surface area contributed by atoms with Gasteiger partial charge in [-0.25, -0.2) is 0 Å². The van der Waals surface area contributed by atoms with Crippen molar-refractivity contribution in [3.05, 3.63) is 0 Å². The van der Waals surface area contributed by atoms with Crippen molar-refractivity contribution < 1.29 is 34.7 Å². The molecule has 1 rings (SSSR count). The minimum atomic E-state index is -1.56. The maximum Gasteiger partial charge on any atom is 0.306 e. The SMILES string of the molecule is CCC(=O)O[C@@H]1[C@@H](O)[C@H](O)[C@@H](CO)O[C@H]1O. The number of rotatable bonds is 3. The molecule has 7 heteroatoms. The molecule has 1 saturated heterocycles. The van der Waals surface area contributed by atoms with Crippen LogP contribution in [0.2, 0.25) is 0 Å². The molecule has 16 heavy (non-hydrogen) atoms. The summed E-state index contributed by atoms with van der Waals surface area (Å²) in [5, 5.41) is 37.3. The van der Waals surface area contributed by atoms with E-state index in [9.17, 15) is 20.1 Å². The first-order chi connectivity index (χ1) is 7.51. The second-order valence-electron chi connectivity index (χ2n) is 3.54. The third-order valence-electron chi connectivity index (χ3n) is 2.40. The molecule has 1 heterocycles. The summed E-state index contributed by atoms with van der Waals surface area (Å²) in [6, 6.07) is 0. The summed E-state index contributed by atoms with van der Waals surface area (Å²) in [4.78, 5) is 11.0. The first kappa shape index (κ1) is 13.3. The summed E-state index contributed by atoms with van der Waals surface area (Å²) >= 11 is 0. The number of aliphatic hydroxyl groups excluding tert-OH is 4. The lowest BCUT2D eigenvalue weighted by atomic mass is 9.99. The highest BCUT2D eigenvalue weighted by Gasteiger charge is 2.45. The Morgan fingerprint density at radius 3 is 2.44 bits per heavy atom. The lowest BCUT2D eigenvalue weighted by Gasteiger charge is -2.39. The number of carbonyl (C=O) groups excluding carboxylic acids is 1. The van der Waals surface area contributed by atoms with E-state index in [2.05, 4.69) is 0 Å². The van der Waals surface area contributed by atoms with Crippen LogP contribution in [-0.2, 0) is 14.3 Å². The Morgan fingerprint density at radius 2 is 1.94 bits per heavy atom. The molecule has 1 aliphatic heterocycles. The first-order valence-corrected chi connectivity index (χ1v) is 5.01. The Labute approximate surface area is 92.2 Å². The van der Waals surface area contributed by atoms with Gasteiger partial charge in [0.25, 0.3) is 0 Å². The second kappa shape index (κ2) is 5.55. The molecule has 0 saturated carbocycles. The van der Waals surface area contributed by atoms with E-state index in [0.717, 1.165) is 0 Å². The van der Waals surface area contributed by atoms with Gasteiger partial charge in [-0.2, -0.15) is 0 Å². The summed E-state index contributed by atoms with van der Waals surface area (Å²) in [5.41, 5.74) is 0. The van der Waals surface area contributed by atoms with Crippen LogP contribution >= 0.6 is 0 Å². The fraction of sp³-hybridized carbons (Fsp3) is 0.889. The van der Waals surface area contributed by atoms with Crippen molar-refractivity contribution in [3.8, 4) is 0 Å². The molecule has 0 amide bonds. The molecule has 0 unspecified atom stereocenters. The minimum absolute atomic E-state index is 0.0788. The smallest absolute Gasteiger partial charge is 0.306 e. The van der Waals surface area contributed by atoms with Crippen molar-refractivity contribution in [2.45, 2.75) is 44.1 Å². The van der Waals surface area contributed by atoms with Gasteiger partial charge >= 0.3 is 5.97 Å². The fourth-order valence-electron chi connectivity index (χ4n) is 1.43. The van der Waals surface area contributed by atoms with Crippen molar-refractivity contribution >= 4 is 5.97 Å². The molecule has 0 aromatic rings. The number of carbonyl (C=O) groups is 1. The van der Waals surface area contributed by atoms with Crippen LogP contribution in [0.1, 0.15) is 13.3 Å². The summed E-state index contributed by atoms with van der Waals surface area (Å²) in [7, 11) is 0. The zero-order chi connectivity index (χ0) is 12.3. The van der Waals surface area contributed by atoms with Gasteiger partial charge in [0.2, 0.25) is 0 Å². The number of hydrogen-bond acceptors (Lipinski definition) is 7. The van der Waals surface area contributed by atoms with E-state index in [1.807, 2.05) is 0 Å². The third-order valence-corrected chi connectivity index (χ3v) is 2.40. The van der Waals surface area contributed by atoms with E-state index in [0.29, 0.717) is 0 Å². The van der Waals surface area contributed by atoms with Gasteiger partial charge in [-0.1, -0.05) is 6.92 Å². The van der Waals surface area contributed by atoms with Gasteiger partial charge in [0.05, 0.1) is 6.61 Å². The van der Waals surface area contributed by atoms with E-state index in [-0.39, 0.29) is 6.42 Å². The molecule has 7 nitrogen and oxygen atoms in total. The second-order valence-corrected chi connectivity index (χ2v) is 3.54. The average molecular weight is 236 g/mol. The van der Waals surface area contributed by atoms with Gasteiger partial charge in [0, 0.05) is 6.42 Å². The zero-order valence-corrected chi connectivity index (χ0v) is 8.81. The van der Waals surface area contributed by atoms with Crippen molar-refractivity contribution in [1.29, 1.82) is 0 Å². The highest BCUT2D eigenvalue weighted by atomic mass is 16.7. The lowest BCUT2D eigenvalue weighted by Crippen LogP contribution is -2.59. The summed E-state index contributed by atoms with van der Waals surface area (Å²) in [6.45, 7) is 1.00. The molecule has 1 aliphatic rings. The monoisotopic (exact) mass is 236 g/mol. The van der Waals surface area contributed by atoms with Gasteiger partial charge in [-0.05, 0) is 0 Å².